The van der Waals surface area contributed by atoms with Crippen molar-refractivity contribution in [2.24, 2.45) is 5.92 Å². The summed E-state index contributed by atoms with van der Waals surface area (Å²) in [4.78, 5) is 15.1. The number of carbonyl (C=O) groups excluding carboxylic acids is 1. The fourth-order valence-corrected chi connectivity index (χ4v) is 4.17. The molecule has 6 nitrogen and oxygen atoms in total. The summed E-state index contributed by atoms with van der Waals surface area (Å²) in [6, 6.07) is 12.2. The molecule has 1 heterocycles. The van der Waals surface area contributed by atoms with Crippen LogP contribution in [0.1, 0.15) is 42.9 Å². The molecule has 3 rings (SSSR count). The number of hydrogen-bond acceptors (Lipinski definition) is 5. The van der Waals surface area contributed by atoms with Gasteiger partial charge in [0.25, 0.3) is 0 Å². The van der Waals surface area contributed by atoms with E-state index in [4.69, 9.17) is 14.2 Å². The Morgan fingerprint density at radius 2 is 1.62 bits per heavy atom. The maximum atomic E-state index is 12.6. The van der Waals surface area contributed by atoms with Crippen molar-refractivity contribution >= 4 is 5.91 Å². The lowest BCUT2D eigenvalue weighted by atomic mass is 9.98. The topological polar surface area (TPSA) is 60.0 Å². The van der Waals surface area contributed by atoms with Gasteiger partial charge in [0.05, 0.1) is 21.3 Å². The van der Waals surface area contributed by atoms with E-state index in [0.29, 0.717) is 36.6 Å². The monoisotopic (exact) mass is 440 g/mol. The molecule has 1 fully saturated rings. The molecule has 0 bridgehead atoms. The van der Waals surface area contributed by atoms with E-state index in [-0.39, 0.29) is 5.91 Å². The van der Waals surface area contributed by atoms with E-state index < -0.39 is 0 Å². The Morgan fingerprint density at radius 3 is 2.22 bits per heavy atom. The number of amides is 1. The third-order valence-corrected chi connectivity index (χ3v) is 6.23. The maximum absolute atomic E-state index is 12.6. The Balaban J connectivity index is 1.54. The zero-order chi connectivity index (χ0) is 22.9. The highest BCUT2D eigenvalue weighted by Gasteiger charge is 2.17. The maximum Gasteiger partial charge on any atom is 0.220 e. The van der Waals surface area contributed by atoms with Gasteiger partial charge >= 0.3 is 0 Å². The molecule has 1 aliphatic heterocycles. The second kappa shape index (κ2) is 11.8. The summed E-state index contributed by atoms with van der Waals surface area (Å²) in [7, 11) is 4.77. The highest BCUT2D eigenvalue weighted by atomic mass is 16.5. The highest BCUT2D eigenvalue weighted by molar-refractivity contribution is 5.76. The predicted molar refractivity (Wildman–Crippen MR) is 126 cm³/mol. The van der Waals surface area contributed by atoms with Gasteiger partial charge in [0.2, 0.25) is 11.7 Å². The van der Waals surface area contributed by atoms with Gasteiger partial charge in [-0.15, -0.1) is 0 Å². The lowest BCUT2D eigenvalue weighted by Gasteiger charge is -2.30. The van der Waals surface area contributed by atoms with Crippen molar-refractivity contribution in [3.63, 3.8) is 0 Å². The molecule has 1 saturated heterocycles. The molecule has 0 radical (unpaired) electrons. The minimum Gasteiger partial charge on any atom is -0.493 e. The van der Waals surface area contributed by atoms with Gasteiger partial charge in [0, 0.05) is 19.5 Å². The van der Waals surface area contributed by atoms with Crippen LogP contribution in [0.25, 0.3) is 0 Å². The quantitative estimate of drug-likeness (QED) is 0.600. The standard InChI is InChI=1S/C26H36N2O4/c1-19-11-13-28(14-12-19)18-22-8-6-5-7-21(22)17-27-25(29)10-9-20-15-23(30-2)26(32-4)24(16-20)31-3/h5-8,15-16,19H,9-14,17-18H2,1-4H3,(H,27,29). The first-order chi connectivity index (χ1) is 15.5. The van der Waals surface area contributed by atoms with E-state index in [9.17, 15) is 4.79 Å². The molecular weight excluding hydrogens is 404 g/mol. The Labute approximate surface area is 191 Å². The predicted octanol–water partition coefficient (Wildman–Crippen LogP) is 4.19. The average Bonchev–Trinajstić information content (AvgIpc) is 2.82. The third-order valence-electron chi connectivity index (χ3n) is 6.23. The van der Waals surface area contributed by atoms with Crippen molar-refractivity contribution in [2.75, 3.05) is 34.4 Å². The van der Waals surface area contributed by atoms with Gasteiger partial charge in [-0.25, -0.2) is 0 Å². The number of rotatable bonds is 10. The van der Waals surface area contributed by atoms with E-state index in [1.165, 1.54) is 24.0 Å². The fraction of sp³-hybridized carbons (Fsp3) is 0.500. The molecule has 0 spiro atoms. The van der Waals surface area contributed by atoms with E-state index in [1.807, 2.05) is 18.2 Å². The number of benzene rings is 2. The smallest absolute Gasteiger partial charge is 0.220 e. The number of nitrogens with zero attached hydrogens (tertiary/aromatic N) is 1. The Morgan fingerprint density at radius 1 is 1.00 bits per heavy atom. The first-order valence-corrected chi connectivity index (χ1v) is 11.4. The Hall–Kier alpha value is -2.73. The van der Waals surface area contributed by atoms with Crippen LogP contribution in [-0.4, -0.2) is 45.2 Å². The van der Waals surface area contributed by atoms with Crippen molar-refractivity contribution in [2.45, 2.75) is 45.7 Å². The number of methoxy groups -OCH3 is 3. The molecule has 1 amide bonds. The highest BCUT2D eigenvalue weighted by Crippen LogP contribution is 2.38. The van der Waals surface area contributed by atoms with Crippen molar-refractivity contribution in [3.8, 4) is 17.2 Å². The molecule has 2 aromatic rings. The van der Waals surface area contributed by atoms with E-state index in [1.54, 1.807) is 21.3 Å². The van der Waals surface area contributed by atoms with Crippen molar-refractivity contribution in [1.82, 2.24) is 10.2 Å². The van der Waals surface area contributed by atoms with Crippen molar-refractivity contribution in [3.05, 3.63) is 53.1 Å². The molecule has 6 heteroatoms. The van der Waals surface area contributed by atoms with Crippen LogP contribution in [0, 0.1) is 5.92 Å². The number of ether oxygens (including phenoxy) is 3. The normalized spacial score (nSPS) is 14.8. The molecule has 0 saturated carbocycles. The lowest BCUT2D eigenvalue weighted by Crippen LogP contribution is -2.33. The average molecular weight is 441 g/mol. The zero-order valence-corrected chi connectivity index (χ0v) is 19.8. The van der Waals surface area contributed by atoms with Gasteiger partial charge in [-0.1, -0.05) is 31.2 Å². The van der Waals surface area contributed by atoms with Crippen LogP contribution in [0.4, 0.5) is 0 Å². The number of hydrogen-bond donors (Lipinski definition) is 1. The zero-order valence-electron chi connectivity index (χ0n) is 19.8. The molecule has 0 aromatic heterocycles. The number of piperidine rings is 1. The molecule has 32 heavy (non-hydrogen) atoms. The minimum atomic E-state index is 0.0281. The molecule has 0 atom stereocenters. The Bertz CT molecular complexity index is 866. The summed E-state index contributed by atoms with van der Waals surface area (Å²) in [6.07, 6.45) is 3.51. The molecule has 0 unspecified atom stereocenters. The molecule has 0 aliphatic carbocycles. The second-order valence-corrected chi connectivity index (χ2v) is 8.54. The molecule has 1 N–H and O–H groups in total. The largest absolute Gasteiger partial charge is 0.493 e. The van der Waals surface area contributed by atoms with Gasteiger partial charge in [0.1, 0.15) is 0 Å². The SMILES string of the molecule is COc1cc(CCC(=O)NCc2ccccc2CN2CCC(C)CC2)cc(OC)c1OC. The van der Waals surface area contributed by atoms with Crippen LogP contribution in [0.2, 0.25) is 0 Å². The second-order valence-electron chi connectivity index (χ2n) is 8.54. The van der Waals surface area contributed by atoms with Gasteiger partial charge in [0.15, 0.2) is 11.5 Å². The molecular formula is C26H36N2O4. The van der Waals surface area contributed by atoms with Gasteiger partial charge < -0.3 is 19.5 Å². The molecule has 2 aromatic carbocycles. The first-order valence-electron chi connectivity index (χ1n) is 11.4. The van der Waals surface area contributed by atoms with E-state index in [2.05, 4.69) is 35.3 Å². The van der Waals surface area contributed by atoms with Gasteiger partial charge in [-0.05, 0) is 67.1 Å². The molecule has 174 valence electrons. The molecule has 1 aliphatic rings. The van der Waals surface area contributed by atoms with Crippen LogP contribution in [0.5, 0.6) is 17.2 Å². The summed E-state index contributed by atoms with van der Waals surface area (Å²) >= 11 is 0. The summed E-state index contributed by atoms with van der Waals surface area (Å²) in [5.74, 6) is 2.61. The summed E-state index contributed by atoms with van der Waals surface area (Å²) < 4.78 is 16.2. The van der Waals surface area contributed by atoms with Crippen LogP contribution in [0.3, 0.4) is 0 Å². The number of aryl methyl sites for hydroxylation is 1. The summed E-state index contributed by atoms with van der Waals surface area (Å²) in [5.41, 5.74) is 3.45. The van der Waals surface area contributed by atoms with Crippen LogP contribution in [0.15, 0.2) is 36.4 Å². The number of likely N-dealkylation sites (tertiary alicyclic amines) is 1. The van der Waals surface area contributed by atoms with E-state index in [0.717, 1.165) is 31.1 Å². The number of nitrogens with one attached hydrogen (secondary N) is 1. The van der Waals surface area contributed by atoms with Gasteiger partial charge in [-0.3, -0.25) is 9.69 Å². The fourth-order valence-electron chi connectivity index (χ4n) is 4.17. The van der Waals surface area contributed by atoms with Gasteiger partial charge in [-0.2, -0.15) is 0 Å². The summed E-state index contributed by atoms with van der Waals surface area (Å²) in [5, 5.41) is 3.09. The van der Waals surface area contributed by atoms with Crippen molar-refractivity contribution < 1.29 is 19.0 Å². The van der Waals surface area contributed by atoms with Crippen LogP contribution in [-0.2, 0) is 24.3 Å². The Kier molecular flexibility index (Phi) is 8.80. The van der Waals surface area contributed by atoms with Crippen LogP contribution >= 0.6 is 0 Å². The third kappa shape index (κ3) is 6.39. The minimum absolute atomic E-state index is 0.0281. The van der Waals surface area contributed by atoms with E-state index >= 15 is 0 Å². The van der Waals surface area contributed by atoms with Crippen LogP contribution < -0.4 is 19.5 Å². The lowest BCUT2D eigenvalue weighted by molar-refractivity contribution is -0.121. The summed E-state index contributed by atoms with van der Waals surface area (Å²) in [6.45, 7) is 6.13. The first kappa shape index (κ1) is 23.9. The number of carbonyl (C=O) groups is 1. The van der Waals surface area contributed by atoms with Crippen molar-refractivity contribution in [1.29, 1.82) is 0 Å².